The summed E-state index contributed by atoms with van der Waals surface area (Å²) in [6, 6.07) is 7.64. The maximum atomic E-state index is 5.90. The van der Waals surface area contributed by atoms with Crippen LogP contribution in [0.1, 0.15) is 5.56 Å². The SMILES string of the molecule is CNC(Cc1ccc2occc2c1)C(Cl)(Cl)Cl. The molecule has 17 heavy (non-hydrogen) atoms. The van der Waals surface area contributed by atoms with Crippen molar-refractivity contribution >= 4 is 45.8 Å². The van der Waals surface area contributed by atoms with E-state index in [9.17, 15) is 0 Å². The van der Waals surface area contributed by atoms with E-state index in [0.717, 1.165) is 16.5 Å². The van der Waals surface area contributed by atoms with Gasteiger partial charge < -0.3 is 9.73 Å². The van der Waals surface area contributed by atoms with Crippen molar-refractivity contribution in [2.75, 3.05) is 7.05 Å². The van der Waals surface area contributed by atoms with Crippen LogP contribution in [0.2, 0.25) is 0 Å². The molecule has 0 bridgehead atoms. The number of rotatable bonds is 3. The van der Waals surface area contributed by atoms with Gasteiger partial charge in [-0.1, -0.05) is 40.9 Å². The molecule has 0 spiro atoms. The van der Waals surface area contributed by atoms with Gasteiger partial charge in [0, 0.05) is 5.39 Å². The summed E-state index contributed by atoms with van der Waals surface area (Å²) in [5.41, 5.74) is 1.97. The molecule has 0 saturated carbocycles. The van der Waals surface area contributed by atoms with Gasteiger partial charge in [-0.15, -0.1) is 0 Å². The van der Waals surface area contributed by atoms with E-state index in [1.165, 1.54) is 0 Å². The minimum Gasteiger partial charge on any atom is -0.464 e. The van der Waals surface area contributed by atoms with Crippen molar-refractivity contribution in [2.45, 2.75) is 16.3 Å². The van der Waals surface area contributed by atoms with Gasteiger partial charge in [-0.05, 0) is 37.2 Å². The number of furan rings is 1. The minimum absolute atomic E-state index is 0.225. The van der Waals surface area contributed by atoms with Crippen LogP contribution in [0.5, 0.6) is 0 Å². The van der Waals surface area contributed by atoms with Gasteiger partial charge in [-0.25, -0.2) is 0 Å². The average molecular weight is 293 g/mol. The molecule has 1 atom stereocenters. The predicted molar refractivity (Wildman–Crippen MR) is 73.1 cm³/mol. The van der Waals surface area contributed by atoms with Crippen molar-refractivity contribution in [1.29, 1.82) is 0 Å². The number of alkyl halides is 3. The van der Waals surface area contributed by atoms with Gasteiger partial charge in [0.25, 0.3) is 0 Å². The first-order chi connectivity index (χ1) is 8.00. The fourth-order valence-electron chi connectivity index (χ4n) is 1.76. The summed E-state index contributed by atoms with van der Waals surface area (Å²) in [5.74, 6) is 0. The molecule has 0 aliphatic rings. The van der Waals surface area contributed by atoms with Crippen LogP contribution < -0.4 is 5.32 Å². The third-order valence-electron chi connectivity index (χ3n) is 2.70. The number of hydrogen-bond donors (Lipinski definition) is 1. The second-order valence-corrected chi connectivity index (χ2v) is 6.25. The summed E-state index contributed by atoms with van der Waals surface area (Å²) in [5, 5.41) is 4.07. The highest BCUT2D eigenvalue weighted by Crippen LogP contribution is 2.32. The second kappa shape index (κ2) is 5.07. The molecule has 0 fully saturated rings. The molecule has 92 valence electrons. The van der Waals surface area contributed by atoms with Gasteiger partial charge in [0.1, 0.15) is 5.58 Å². The van der Waals surface area contributed by atoms with E-state index >= 15 is 0 Å². The lowest BCUT2D eigenvalue weighted by molar-refractivity contribution is 0.569. The summed E-state index contributed by atoms with van der Waals surface area (Å²) >= 11 is 17.7. The first kappa shape index (κ1) is 13.0. The van der Waals surface area contributed by atoms with E-state index in [-0.39, 0.29) is 6.04 Å². The fourth-order valence-corrected chi connectivity index (χ4v) is 2.32. The summed E-state index contributed by atoms with van der Waals surface area (Å²) in [7, 11) is 1.78. The maximum absolute atomic E-state index is 5.90. The maximum Gasteiger partial charge on any atom is 0.205 e. The zero-order chi connectivity index (χ0) is 12.5. The van der Waals surface area contributed by atoms with Crippen LogP contribution >= 0.6 is 34.8 Å². The highest BCUT2D eigenvalue weighted by Gasteiger charge is 2.31. The molecule has 1 unspecified atom stereocenters. The van der Waals surface area contributed by atoms with Crippen molar-refractivity contribution in [2.24, 2.45) is 0 Å². The molecule has 2 nitrogen and oxygen atoms in total. The second-order valence-electron chi connectivity index (χ2n) is 3.88. The lowest BCUT2D eigenvalue weighted by Crippen LogP contribution is -2.39. The van der Waals surface area contributed by atoms with E-state index in [1.807, 2.05) is 24.3 Å². The van der Waals surface area contributed by atoms with Crippen molar-refractivity contribution in [3.8, 4) is 0 Å². The normalized spacial score (nSPS) is 14.1. The minimum atomic E-state index is -1.32. The zero-order valence-electron chi connectivity index (χ0n) is 9.21. The van der Waals surface area contributed by atoms with Crippen molar-refractivity contribution in [3.63, 3.8) is 0 Å². The van der Waals surface area contributed by atoms with Gasteiger partial charge >= 0.3 is 0 Å². The van der Waals surface area contributed by atoms with E-state index in [4.69, 9.17) is 39.2 Å². The van der Waals surface area contributed by atoms with Gasteiger partial charge in [0.15, 0.2) is 0 Å². The molecular weight excluding hydrogens is 280 g/mol. The largest absolute Gasteiger partial charge is 0.464 e. The molecule has 5 heteroatoms. The molecule has 2 aromatic rings. The molecule has 0 saturated heterocycles. The lowest BCUT2D eigenvalue weighted by atomic mass is 10.1. The van der Waals surface area contributed by atoms with Crippen molar-refractivity contribution in [1.82, 2.24) is 5.32 Å². The monoisotopic (exact) mass is 291 g/mol. The first-order valence-corrected chi connectivity index (χ1v) is 6.34. The molecule has 1 N–H and O–H groups in total. The van der Waals surface area contributed by atoms with Gasteiger partial charge in [-0.2, -0.15) is 0 Å². The summed E-state index contributed by atoms with van der Waals surface area (Å²) < 4.78 is 3.96. The Labute approximate surface area is 115 Å². The van der Waals surface area contributed by atoms with Crippen LogP contribution in [0.3, 0.4) is 0 Å². The number of benzene rings is 1. The van der Waals surface area contributed by atoms with Crippen LogP contribution in [0.4, 0.5) is 0 Å². The Morgan fingerprint density at radius 3 is 2.71 bits per heavy atom. The Balaban J connectivity index is 2.22. The van der Waals surface area contributed by atoms with Crippen molar-refractivity contribution < 1.29 is 4.42 Å². The number of hydrogen-bond acceptors (Lipinski definition) is 2. The Morgan fingerprint density at radius 2 is 2.06 bits per heavy atom. The van der Waals surface area contributed by atoms with Gasteiger partial charge in [0.2, 0.25) is 3.79 Å². The molecule has 1 aromatic carbocycles. The van der Waals surface area contributed by atoms with Crippen LogP contribution in [-0.4, -0.2) is 16.9 Å². The number of likely N-dealkylation sites (N-methyl/N-ethyl adjacent to an activating group) is 1. The Morgan fingerprint density at radius 1 is 1.29 bits per heavy atom. The first-order valence-electron chi connectivity index (χ1n) is 5.21. The zero-order valence-corrected chi connectivity index (χ0v) is 11.5. The highest BCUT2D eigenvalue weighted by molar-refractivity contribution is 6.68. The quantitative estimate of drug-likeness (QED) is 0.867. The molecule has 2 rings (SSSR count). The number of nitrogens with one attached hydrogen (secondary N) is 1. The molecule has 1 aromatic heterocycles. The molecular formula is C12H12Cl3NO. The Hall–Kier alpha value is -0.410. The van der Waals surface area contributed by atoms with Gasteiger partial charge in [0.05, 0.1) is 12.3 Å². The summed E-state index contributed by atoms with van der Waals surface area (Å²) in [6.07, 6.45) is 2.31. The standard InChI is InChI=1S/C12H12Cl3NO/c1-16-11(12(13,14)15)7-8-2-3-10-9(6-8)4-5-17-10/h2-6,11,16H,7H2,1H3. The van der Waals surface area contributed by atoms with E-state index < -0.39 is 3.79 Å². The van der Waals surface area contributed by atoms with Crippen LogP contribution in [0.25, 0.3) is 11.0 Å². The Kier molecular flexibility index (Phi) is 3.88. The van der Waals surface area contributed by atoms with E-state index in [1.54, 1.807) is 13.3 Å². The van der Waals surface area contributed by atoms with Crippen LogP contribution in [-0.2, 0) is 6.42 Å². The number of fused-ring (bicyclic) bond motifs is 1. The molecule has 0 aliphatic heterocycles. The van der Waals surface area contributed by atoms with Crippen LogP contribution in [0, 0.1) is 0 Å². The van der Waals surface area contributed by atoms with E-state index in [0.29, 0.717) is 6.42 Å². The van der Waals surface area contributed by atoms with Crippen LogP contribution in [0.15, 0.2) is 34.9 Å². The topological polar surface area (TPSA) is 25.2 Å². The summed E-state index contributed by atoms with van der Waals surface area (Å²) in [4.78, 5) is 0. The smallest absolute Gasteiger partial charge is 0.205 e. The fraction of sp³-hybridized carbons (Fsp3) is 0.333. The molecule has 0 amide bonds. The number of halogens is 3. The predicted octanol–water partition coefficient (Wildman–Crippen LogP) is 3.93. The van der Waals surface area contributed by atoms with Gasteiger partial charge in [-0.3, -0.25) is 0 Å². The third-order valence-corrected chi connectivity index (χ3v) is 3.49. The average Bonchev–Trinajstić information content (AvgIpc) is 2.71. The lowest BCUT2D eigenvalue weighted by Gasteiger charge is -2.23. The van der Waals surface area contributed by atoms with E-state index in [2.05, 4.69) is 5.32 Å². The summed E-state index contributed by atoms with van der Waals surface area (Å²) in [6.45, 7) is 0. The highest BCUT2D eigenvalue weighted by atomic mass is 35.6. The third kappa shape index (κ3) is 3.08. The van der Waals surface area contributed by atoms with Crippen molar-refractivity contribution in [3.05, 3.63) is 36.1 Å². The Bertz CT molecular complexity index is 504. The molecule has 0 radical (unpaired) electrons. The molecule has 1 heterocycles. The molecule has 0 aliphatic carbocycles.